The highest BCUT2D eigenvalue weighted by molar-refractivity contribution is 5.91. The fourth-order valence-corrected chi connectivity index (χ4v) is 8.58. The lowest BCUT2D eigenvalue weighted by Crippen LogP contribution is -2.53. The predicted octanol–water partition coefficient (Wildman–Crippen LogP) is 4.87. The van der Waals surface area contributed by atoms with Gasteiger partial charge in [-0.2, -0.15) is 0 Å². The van der Waals surface area contributed by atoms with E-state index < -0.39 is 17.8 Å². The molecule has 50 heavy (non-hydrogen) atoms. The minimum absolute atomic E-state index is 0.00524. The number of hydrogen-bond donors (Lipinski definition) is 3. The molecule has 0 spiro atoms. The number of likely N-dealkylation sites (tertiary alicyclic amines) is 3. The van der Waals surface area contributed by atoms with E-state index in [4.69, 9.17) is 4.74 Å². The van der Waals surface area contributed by atoms with E-state index in [1.165, 1.54) is 0 Å². The number of ether oxygens (including phenoxy) is 1. The van der Waals surface area contributed by atoms with Crippen molar-refractivity contribution in [3.8, 4) is 5.75 Å². The summed E-state index contributed by atoms with van der Waals surface area (Å²) in [5, 5.41) is 23.8. The van der Waals surface area contributed by atoms with Gasteiger partial charge in [-0.1, -0.05) is 36.9 Å². The summed E-state index contributed by atoms with van der Waals surface area (Å²) in [6, 6.07) is 13.3. The second-order valence-corrected chi connectivity index (χ2v) is 14.9. The predicted molar refractivity (Wildman–Crippen MR) is 191 cm³/mol. The number of phenols is 1. The van der Waals surface area contributed by atoms with E-state index in [0.717, 1.165) is 74.8 Å². The van der Waals surface area contributed by atoms with Crippen molar-refractivity contribution in [2.45, 2.75) is 88.0 Å². The molecule has 4 heterocycles. The van der Waals surface area contributed by atoms with Gasteiger partial charge in [-0.15, -0.1) is 0 Å². The van der Waals surface area contributed by atoms with E-state index in [0.29, 0.717) is 63.1 Å². The number of carbonyl (C=O) groups excluding carboxylic acids is 3. The van der Waals surface area contributed by atoms with E-state index in [2.05, 4.69) is 16.8 Å². The maximum absolute atomic E-state index is 14.1. The molecule has 4 amide bonds. The van der Waals surface area contributed by atoms with Crippen LogP contribution in [-0.2, 0) is 22.4 Å². The Morgan fingerprint density at radius 3 is 2.30 bits per heavy atom. The average Bonchev–Trinajstić information content (AvgIpc) is 3.93. The number of para-hydroxylation sites is 1. The Balaban J connectivity index is 0.961. The third-order valence-electron chi connectivity index (χ3n) is 11.9. The zero-order valence-corrected chi connectivity index (χ0v) is 29.0. The lowest BCUT2D eigenvalue weighted by molar-refractivity contribution is -0.142. The first-order valence-corrected chi connectivity index (χ1v) is 18.5. The van der Waals surface area contributed by atoms with Crippen LogP contribution in [0.15, 0.2) is 49.0 Å². The maximum Gasteiger partial charge on any atom is 0.410 e. The Bertz CT molecular complexity index is 1570. The summed E-state index contributed by atoms with van der Waals surface area (Å²) in [7, 11) is 0. The molecule has 268 valence electrons. The number of nitrogens with one attached hydrogen (secondary N) is 1. The molecule has 1 atom stereocenters. The monoisotopic (exact) mass is 685 g/mol. The molecule has 2 aromatic carbocycles. The minimum Gasteiger partial charge on any atom is -0.507 e. The number of phenolic OH excluding ortho intramolecular Hbond substituents is 1. The van der Waals surface area contributed by atoms with Crippen LogP contribution in [0.4, 0.5) is 15.3 Å². The third kappa shape index (κ3) is 7.49. The molecular formula is C39H51N5O6. The molecule has 5 aliphatic rings. The number of anilines is 1. The van der Waals surface area contributed by atoms with Crippen molar-refractivity contribution in [1.82, 2.24) is 19.6 Å². The molecular weight excluding hydrogens is 634 g/mol. The third-order valence-corrected chi connectivity index (χ3v) is 11.9. The Morgan fingerprint density at radius 1 is 0.920 bits per heavy atom. The average molecular weight is 686 g/mol. The molecule has 7 rings (SSSR count). The number of rotatable bonds is 8. The van der Waals surface area contributed by atoms with Crippen molar-refractivity contribution in [3.05, 3.63) is 65.7 Å². The quantitative estimate of drug-likeness (QED) is 0.362. The molecule has 3 N–H and O–H groups in total. The number of nitrogens with zero attached hydrogens (tertiary/aromatic N) is 4. The van der Waals surface area contributed by atoms with Gasteiger partial charge in [0.25, 0.3) is 5.91 Å². The molecule has 4 aliphatic heterocycles. The normalized spacial score (nSPS) is 22.7. The first-order valence-electron chi connectivity index (χ1n) is 18.5. The van der Waals surface area contributed by atoms with Gasteiger partial charge in [-0.05, 0) is 106 Å². The van der Waals surface area contributed by atoms with E-state index in [1.54, 1.807) is 29.2 Å². The first-order chi connectivity index (χ1) is 24.2. The fraction of sp³-hybridized carbons (Fsp3) is 0.564. The number of fused-ring (bicyclic) bond motifs is 1. The number of hydrogen-bond acceptors (Lipinski definition) is 7. The number of carbonyl (C=O) groups is 3. The number of piperidine rings is 3. The lowest BCUT2D eigenvalue weighted by atomic mass is 9.88. The van der Waals surface area contributed by atoms with E-state index >= 15 is 0 Å². The van der Waals surface area contributed by atoms with E-state index in [9.17, 15) is 24.6 Å². The van der Waals surface area contributed by atoms with Crippen molar-refractivity contribution in [2.24, 2.45) is 5.92 Å². The molecule has 11 nitrogen and oxygen atoms in total. The van der Waals surface area contributed by atoms with Gasteiger partial charge in [0, 0.05) is 62.5 Å². The molecule has 3 saturated heterocycles. The maximum atomic E-state index is 14.1. The highest BCUT2D eigenvalue weighted by Gasteiger charge is 2.48. The summed E-state index contributed by atoms with van der Waals surface area (Å²) < 4.78 is 6.05. The molecule has 1 aliphatic carbocycles. The van der Waals surface area contributed by atoms with Gasteiger partial charge < -0.3 is 39.9 Å². The van der Waals surface area contributed by atoms with Gasteiger partial charge >= 0.3 is 12.1 Å². The summed E-state index contributed by atoms with van der Waals surface area (Å²) in [6.45, 7) is 8.44. The van der Waals surface area contributed by atoms with Crippen LogP contribution >= 0.6 is 0 Å². The SMILES string of the molecule is C=Cc1cc(C[C@@H](OC(=O)N2CCC(N3CCc4ccccc4NC3=O)CC2)C(=O)N2CCC(N3CCC(C4(O)CC4)CC3)CC2)ccc1O. The molecule has 1 saturated carbocycles. The second-order valence-electron chi connectivity index (χ2n) is 14.9. The van der Waals surface area contributed by atoms with E-state index in [-0.39, 0.29) is 30.2 Å². The number of aromatic hydroxyl groups is 1. The molecule has 0 aromatic heterocycles. The van der Waals surface area contributed by atoms with Crippen LogP contribution in [0.2, 0.25) is 0 Å². The van der Waals surface area contributed by atoms with Gasteiger partial charge in [-0.3, -0.25) is 4.79 Å². The van der Waals surface area contributed by atoms with E-state index in [1.807, 2.05) is 34.1 Å². The Hall–Kier alpha value is -4.09. The summed E-state index contributed by atoms with van der Waals surface area (Å²) in [5.74, 6) is 0.316. The smallest absolute Gasteiger partial charge is 0.410 e. The summed E-state index contributed by atoms with van der Waals surface area (Å²) in [5.41, 5.74) is 2.88. The van der Waals surface area contributed by atoms with Gasteiger partial charge in [0.1, 0.15) is 5.75 Å². The largest absolute Gasteiger partial charge is 0.507 e. The Morgan fingerprint density at radius 2 is 1.60 bits per heavy atom. The molecule has 4 fully saturated rings. The minimum atomic E-state index is -1.01. The van der Waals surface area contributed by atoms with Crippen molar-refractivity contribution >= 4 is 29.8 Å². The molecule has 0 radical (unpaired) electrons. The fourth-order valence-electron chi connectivity index (χ4n) is 8.58. The first kappa shape index (κ1) is 34.4. The van der Waals surface area contributed by atoms with Crippen LogP contribution in [0.25, 0.3) is 6.08 Å². The van der Waals surface area contributed by atoms with Gasteiger partial charge in [0.2, 0.25) is 0 Å². The summed E-state index contributed by atoms with van der Waals surface area (Å²) >= 11 is 0. The Kier molecular flexibility index (Phi) is 10.1. The van der Waals surface area contributed by atoms with Crippen LogP contribution in [0.3, 0.4) is 0 Å². The molecule has 0 unspecified atom stereocenters. The summed E-state index contributed by atoms with van der Waals surface area (Å²) in [4.78, 5) is 48.7. The van der Waals surface area contributed by atoms with Crippen molar-refractivity contribution in [1.29, 1.82) is 0 Å². The van der Waals surface area contributed by atoms with Crippen LogP contribution in [0, 0.1) is 5.92 Å². The number of benzene rings is 2. The lowest BCUT2D eigenvalue weighted by Gasteiger charge is -2.43. The zero-order chi connectivity index (χ0) is 34.8. The van der Waals surface area contributed by atoms with Gasteiger partial charge in [-0.25, -0.2) is 9.59 Å². The van der Waals surface area contributed by atoms with Crippen molar-refractivity contribution in [3.63, 3.8) is 0 Å². The summed E-state index contributed by atoms with van der Waals surface area (Å²) in [6.07, 6.45) is 7.91. The van der Waals surface area contributed by atoms with Crippen LogP contribution in [0.5, 0.6) is 5.75 Å². The highest BCUT2D eigenvalue weighted by atomic mass is 16.6. The molecule has 0 bridgehead atoms. The van der Waals surface area contributed by atoms with Crippen molar-refractivity contribution in [2.75, 3.05) is 51.1 Å². The van der Waals surface area contributed by atoms with Crippen molar-refractivity contribution < 1.29 is 29.3 Å². The molecule has 2 aromatic rings. The second kappa shape index (κ2) is 14.6. The van der Waals surface area contributed by atoms with Crippen LogP contribution < -0.4 is 5.32 Å². The molecule has 11 heteroatoms. The zero-order valence-electron chi connectivity index (χ0n) is 29.0. The number of urea groups is 1. The highest BCUT2D eigenvalue weighted by Crippen LogP contribution is 2.46. The number of amides is 4. The number of aliphatic hydroxyl groups is 1. The van der Waals surface area contributed by atoms with Gasteiger partial charge in [0.15, 0.2) is 6.10 Å². The van der Waals surface area contributed by atoms with Gasteiger partial charge in [0.05, 0.1) is 5.60 Å². The standard InChI is InChI=1S/C39H51N5O6/c1-2-28-25-27(7-8-34(28)45)26-35(36(46)42-20-12-31(13-21-42)41-18-10-30(11-19-41)39(49)16-17-39)50-38(48)43-22-14-32(15-23-43)44-24-9-29-5-3-4-6-33(29)40-37(44)47/h2-8,25,30-32,35,45,49H,1,9-24,26H2,(H,40,47)/t35-/m1/s1. The topological polar surface area (TPSA) is 126 Å². The Labute approximate surface area is 294 Å². The van der Waals surface area contributed by atoms with Crippen LogP contribution in [-0.4, -0.2) is 117 Å². The van der Waals surface area contributed by atoms with Crippen LogP contribution in [0.1, 0.15) is 68.1 Å².